The number of methoxy groups -OCH3 is 1. The minimum atomic E-state index is -4.21. The van der Waals surface area contributed by atoms with Gasteiger partial charge in [-0.3, -0.25) is 0 Å². The first kappa shape index (κ1) is 14.2. The molecule has 0 spiro atoms. The molecule has 1 heterocycles. The van der Waals surface area contributed by atoms with E-state index < -0.39 is 12.7 Å². The third-order valence-electron chi connectivity index (χ3n) is 3.49. The Bertz CT molecular complexity index is 647. The van der Waals surface area contributed by atoms with E-state index in [0.29, 0.717) is 17.6 Å². The Kier molecular flexibility index (Phi) is 3.52. The highest BCUT2D eigenvalue weighted by molar-refractivity contribution is 5.78. The molecular weight excluding hydrogens is 283 g/mol. The van der Waals surface area contributed by atoms with E-state index in [1.54, 1.807) is 7.11 Å². The second-order valence-corrected chi connectivity index (χ2v) is 5.20. The number of rotatable bonds is 5. The predicted molar refractivity (Wildman–Crippen MR) is 72.3 cm³/mol. The Hall–Kier alpha value is -1.76. The quantitative estimate of drug-likeness (QED) is 0.922. The molecule has 3 rings (SSSR count). The van der Waals surface area contributed by atoms with E-state index in [4.69, 9.17) is 4.74 Å². The van der Waals surface area contributed by atoms with Crippen molar-refractivity contribution in [3.05, 3.63) is 24.0 Å². The second kappa shape index (κ2) is 5.22. The van der Waals surface area contributed by atoms with Crippen molar-refractivity contribution in [2.75, 3.05) is 13.7 Å². The van der Waals surface area contributed by atoms with Crippen LogP contribution in [-0.2, 0) is 6.54 Å². The fourth-order valence-electron chi connectivity index (χ4n) is 2.44. The normalized spacial score (nSPS) is 15.6. The minimum absolute atomic E-state index is 0.104. The first-order valence-corrected chi connectivity index (χ1v) is 6.80. The zero-order valence-corrected chi connectivity index (χ0v) is 11.6. The number of halogens is 3. The molecule has 4 nitrogen and oxygen atoms in total. The molecule has 0 aliphatic heterocycles. The maximum atomic E-state index is 12.2. The maximum absolute atomic E-state index is 12.2. The lowest BCUT2D eigenvalue weighted by Crippen LogP contribution is -2.29. The summed E-state index contributed by atoms with van der Waals surface area (Å²) in [5, 5.41) is 2.41. The highest BCUT2D eigenvalue weighted by atomic mass is 19.4. The molecule has 1 aromatic carbocycles. The molecule has 114 valence electrons. The van der Waals surface area contributed by atoms with Gasteiger partial charge in [0, 0.05) is 12.1 Å². The molecular formula is C14H16F3N3O. The monoisotopic (exact) mass is 299 g/mol. The summed E-state index contributed by atoms with van der Waals surface area (Å²) < 4.78 is 43.9. The fourth-order valence-corrected chi connectivity index (χ4v) is 2.44. The predicted octanol–water partition coefficient (Wildman–Crippen LogP) is 3.03. The van der Waals surface area contributed by atoms with Gasteiger partial charge in [-0.25, -0.2) is 4.98 Å². The van der Waals surface area contributed by atoms with Gasteiger partial charge in [-0.1, -0.05) is 0 Å². The standard InChI is InChI=1S/C14H16F3N3O/c1-21-10-4-5-12-11(6-10)19-13(20(12)9-2-3-9)7-18-8-14(15,16)17/h4-6,9,18H,2-3,7-8H2,1H3. The van der Waals surface area contributed by atoms with Gasteiger partial charge >= 0.3 is 6.18 Å². The number of nitrogens with zero attached hydrogens (tertiary/aromatic N) is 2. The van der Waals surface area contributed by atoms with Gasteiger partial charge in [0.2, 0.25) is 0 Å². The summed E-state index contributed by atoms with van der Waals surface area (Å²) in [6.07, 6.45) is -2.12. The van der Waals surface area contributed by atoms with E-state index in [9.17, 15) is 13.2 Å². The second-order valence-electron chi connectivity index (χ2n) is 5.20. The number of ether oxygens (including phenoxy) is 1. The molecule has 2 aromatic rings. The molecule has 0 unspecified atom stereocenters. The van der Waals surface area contributed by atoms with Gasteiger partial charge in [-0.2, -0.15) is 13.2 Å². The van der Waals surface area contributed by atoms with E-state index in [1.165, 1.54) is 0 Å². The summed E-state index contributed by atoms with van der Waals surface area (Å²) in [6.45, 7) is -0.906. The number of nitrogens with one attached hydrogen (secondary N) is 1. The molecule has 0 saturated heterocycles. The van der Waals surface area contributed by atoms with Crippen molar-refractivity contribution in [1.82, 2.24) is 14.9 Å². The summed E-state index contributed by atoms with van der Waals surface area (Å²) in [4.78, 5) is 4.46. The summed E-state index contributed by atoms with van der Waals surface area (Å²) in [5.74, 6) is 1.34. The van der Waals surface area contributed by atoms with Crippen LogP contribution in [0.1, 0.15) is 24.7 Å². The molecule has 0 atom stereocenters. The molecule has 1 aliphatic rings. The van der Waals surface area contributed by atoms with Crippen molar-refractivity contribution >= 4 is 11.0 Å². The molecule has 1 aromatic heterocycles. The van der Waals surface area contributed by atoms with Gasteiger partial charge in [-0.05, 0) is 25.0 Å². The number of alkyl halides is 3. The van der Waals surface area contributed by atoms with Gasteiger partial charge in [0.25, 0.3) is 0 Å². The smallest absolute Gasteiger partial charge is 0.401 e. The number of imidazole rings is 1. The Morgan fingerprint density at radius 2 is 2.14 bits per heavy atom. The Labute approximate surface area is 119 Å². The Morgan fingerprint density at radius 3 is 2.76 bits per heavy atom. The van der Waals surface area contributed by atoms with Gasteiger partial charge in [0.15, 0.2) is 0 Å². The van der Waals surface area contributed by atoms with Crippen LogP contribution in [0.2, 0.25) is 0 Å². The largest absolute Gasteiger partial charge is 0.497 e. The van der Waals surface area contributed by atoms with E-state index in [1.807, 2.05) is 22.8 Å². The lowest BCUT2D eigenvalue weighted by atomic mass is 10.3. The lowest BCUT2D eigenvalue weighted by molar-refractivity contribution is -0.125. The molecule has 0 bridgehead atoms. The van der Waals surface area contributed by atoms with Crippen LogP contribution in [0.25, 0.3) is 11.0 Å². The highest BCUT2D eigenvalue weighted by Crippen LogP contribution is 2.39. The van der Waals surface area contributed by atoms with Crippen LogP contribution in [0.5, 0.6) is 5.75 Å². The van der Waals surface area contributed by atoms with E-state index in [-0.39, 0.29) is 6.54 Å². The third-order valence-corrected chi connectivity index (χ3v) is 3.49. The van der Waals surface area contributed by atoms with Crippen LogP contribution >= 0.6 is 0 Å². The number of hydrogen-bond acceptors (Lipinski definition) is 3. The SMILES string of the molecule is COc1ccc2c(c1)nc(CNCC(F)(F)F)n2C1CC1. The van der Waals surface area contributed by atoms with Gasteiger partial charge < -0.3 is 14.6 Å². The van der Waals surface area contributed by atoms with Crippen molar-refractivity contribution in [2.45, 2.75) is 31.6 Å². The van der Waals surface area contributed by atoms with Crippen LogP contribution in [0, 0.1) is 0 Å². The molecule has 1 saturated carbocycles. The zero-order chi connectivity index (χ0) is 15.0. The summed E-state index contributed by atoms with van der Waals surface area (Å²) >= 11 is 0. The topological polar surface area (TPSA) is 39.1 Å². The molecule has 0 amide bonds. The highest BCUT2D eigenvalue weighted by Gasteiger charge is 2.30. The lowest BCUT2D eigenvalue weighted by Gasteiger charge is -2.10. The van der Waals surface area contributed by atoms with Crippen LogP contribution in [0.15, 0.2) is 18.2 Å². The van der Waals surface area contributed by atoms with Gasteiger partial charge in [-0.15, -0.1) is 0 Å². The summed E-state index contributed by atoms with van der Waals surface area (Å²) in [5.41, 5.74) is 1.70. The number of benzene rings is 1. The van der Waals surface area contributed by atoms with E-state index >= 15 is 0 Å². The first-order valence-electron chi connectivity index (χ1n) is 6.80. The van der Waals surface area contributed by atoms with Crippen LogP contribution < -0.4 is 10.1 Å². The van der Waals surface area contributed by atoms with Gasteiger partial charge in [0.05, 0.1) is 31.2 Å². The van der Waals surface area contributed by atoms with Crippen molar-refractivity contribution in [1.29, 1.82) is 0 Å². The summed E-state index contributed by atoms with van der Waals surface area (Å²) in [6, 6.07) is 5.91. The van der Waals surface area contributed by atoms with Crippen molar-refractivity contribution in [2.24, 2.45) is 0 Å². The number of fused-ring (bicyclic) bond motifs is 1. The Balaban J connectivity index is 1.88. The molecule has 7 heteroatoms. The maximum Gasteiger partial charge on any atom is 0.401 e. The minimum Gasteiger partial charge on any atom is -0.497 e. The molecule has 21 heavy (non-hydrogen) atoms. The third kappa shape index (κ3) is 3.12. The fraction of sp³-hybridized carbons (Fsp3) is 0.500. The molecule has 1 fully saturated rings. The molecule has 1 aliphatic carbocycles. The zero-order valence-electron chi connectivity index (χ0n) is 11.6. The first-order chi connectivity index (χ1) is 9.98. The van der Waals surface area contributed by atoms with Crippen LogP contribution in [0.3, 0.4) is 0 Å². The van der Waals surface area contributed by atoms with Crippen LogP contribution in [-0.4, -0.2) is 29.4 Å². The number of hydrogen-bond donors (Lipinski definition) is 1. The van der Waals surface area contributed by atoms with Gasteiger partial charge in [0.1, 0.15) is 11.6 Å². The van der Waals surface area contributed by atoms with E-state index in [2.05, 4.69) is 10.3 Å². The Morgan fingerprint density at radius 1 is 1.38 bits per heavy atom. The van der Waals surface area contributed by atoms with Crippen molar-refractivity contribution < 1.29 is 17.9 Å². The van der Waals surface area contributed by atoms with E-state index in [0.717, 1.165) is 23.9 Å². The molecule has 0 radical (unpaired) electrons. The summed E-state index contributed by atoms with van der Waals surface area (Å²) in [7, 11) is 1.57. The molecule has 1 N–H and O–H groups in total. The van der Waals surface area contributed by atoms with Crippen molar-refractivity contribution in [3.8, 4) is 5.75 Å². The number of aromatic nitrogens is 2. The van der Waals surface area contributed by atoms with Crippen molar-refractivity contribution in [3.63, 3.8) is 0 Å². The average Bonchev–Trinajstić information content (AvgIpc) is 3.18. The van der Waals surface area contributed by atoms with Crippen LogP contribution in [0.4, 0.5) is 13.2 Å². The average molecular weight is 299 g/mol.